The average Bonchev–Trinajstić information content (AvgIpc) is 2.58. The summed E-state index contributed by atoms with van der Waals surface area (Å²) < 4.78 is 10.6. The van der Waals surface area contributed by atoms with Crippen molar-refractivity contribution in [3.05, 3.63) is 23.3 Å². The Balaban J connectivity index is 2.28. The molecule has 7 heteroatoms. The van der Waals surface area contributed by atoms with Crippen molar-refractivity contribution in [2.45, 2.75) is 89.7 Å². The second-order valence-corrected chi connectivity index (χ2v) is 7.93. The molecule has 0 aromatic rings. The first-order valence-electron chi connectivity index (χ1n) is 9.51. The SMILES string of the molecule is C/C(=C\CO[C@H]1OC[C@@H](O)[C@@H](O)[C@H]1O)CC/C=C(\C)CC[C@H](O)C(C)(C)O. The van der Waals surface area contributed by atoms with E-state index in [2.05, 4.69) is 6.08 Å². The molecule has 0 aromatic heterocycles. The first-order valence-corrected chi connectivity index (χ1v) is 9.51. The highest BCUT2D eigenvalue weighted by atomic mass is 16.7. The maximum absolute atomic E-state index is 9.84. The Morgan fingerprint density at radius 2 is 1.74 bits per heavy atom. The number of hydrogen-bond donors (Lipinski definition) is 5. The van der Waals surface area contributed by atoms with Gasteiger partial charge in [-0.15, -0.1) is 0 Å². The lowest BCUT2D eigenvalue weighted by Gasteiger charge is -2.34. The lowest BCUT2D eigenvalue weighted by molar-refractivity contribution is -0.266. The molecule has 0 unspecified atom stereocenters. The Morgan fingerprint density at radius 3 is 2.37 bits per heavy atom. The van der Waals surface area contributed by atoms with E-state index >= 15 is 0 Å². The van der Waals surface area contributed by atoms with E-state index in [4.69, 9.17) is 9.47 Å². The molecule has 0 bridgehead atoms. The molecule has 5 N–H and O–H groups in total. The topological polar surface area (TPSA) is 120 Å². The highest BCUT2D eigenvalue weighted by Gasteiger charge is 2.37. The van der Waals surface area contributed by atoms with E-state index in [9.17, 15) is 25.5 Å². The molecule has 0 aliphatic carbocycles. The van der Waals surface area contributed by atoms with Gasteiger partial charge in [0.05, 0.1) is 24.9 Å². The van der Waals surface area contributed by atoms with Crippen LogP contribution in [0.3, 0.4) is 0 Å². The number of aliphatic hydroxyl groups is 5. The first-order chi connectivity index (χ1) is 12.5. The lowest BCUT2D eigenvalue weighted by atomic mass is 9.95. The molecule has 27 heavy (non-hydrogen) atoms. The summed E-state index contributed by atoms with van der Waals surface area (Å²) in [6, 6.07) is 0. The van der Waals surface area contributed by atoms with Gasteiger partial charge in [-0.25, -0.2) is 0 Å². The summed E-state index contributed by atoms with van der Waals surface area (Å²) in [7, 11) is 0. The van der Waals surface area contributed by atoms with Crippen LogP contribution in [0.5, 0.6) is 0 Å². The zero-order valence-corrected chi connectivity index (χ0v) is 16.8. The molecular formula is C20H36O7. The van der Waals surface area contributed by atoms with Crippen LogP contribution in [0, 0.1) is 0 Å². The zero-order chi connectivity index (χ0) is 20.6. The van der Waals surface area contributed by atoms with Gasteiger partial charge in [0.1, 0.15) is 18.3 Å². The van der Waals surface area contributed by atoms with E-state index in [0.717, 1.165) is 24.8 Å². The van der Waals surface area contributed by atoms with Crippen molar-refractivity contribution in [3.63, 3.8) is 0 Å². The van der Waals surface area contributed by atoms with Crippen LogP contribution in [-0.2, 0) is 9.47 Å². The van der Waals surface area contributed by atoms with Crippen LogP contribution in [0.1, 0.15) is 53.4 Å². The van der Waals surface area contributed by atoms with Crippen LogP contribution >= 0.6 is 0 Å². The van der Waals surface area contributed by atoms with Gasteiger partial charge in [-0.3, -0.25) is 0 Å². The Labute approximate surface area is 161 Å². The molecule has 7 nitrogen and oxygen atoms in total. The van der Waals surface area contributed by atoms with Gasteiger partial charge in [0.25, 0.3) is 0 Å². The van der Waals surface area contributed by atoms with Crippen LogP contribution in [0.2, 0.25) is 0 Å². The third-order valence-corrected chi connectivity index (χ3v) is 4.81. The van der Waals surface area contributed by atoms with Gasteiger partial charge < -0.3 is 35.0 Å². The van der Waals surface area contributed by atoms with E-state index in [0.29, 0.717) is 6.42 Å². The molecular weight excluding hydrogens is 352 g/mol. The highest BCUT2D eigenvalue weighted by molar-refractivity contribution is 5.04. The minimum Gasteiger partial charge on any atom is -0.390 e. The van der Waals surface area contributed by atoms with E-state index in [-0.39, 0.29) is 13.2 Å². The van der Waals surface area contributed by atoms with Crippen molar-refractivity contribution >= 4 is 0 Å². The molecule has 0 aromatic carbocycles. The van der Waals surface area contributed by atoms with Gasteiger partial charge >= 0.3 is 0 Å². The summed E-state index contributed by atoms with van der Waals surface area (Å²) in [5, 5.41) is 48.4. The Morgan fingerprint density at radius 1 is 1.11 bits per heavy atom. The molecule has 5 atom stereocenters. The normalized spacial score (nSPS) is 29.1. The van der Waals surface area contributed by atoms with Crippen molar-refractivity contribution in [3.8, 4) is 0 Å². The fourth-order valence-corrected chi connectivity index (χ4v) is 2.68. The molecule has 0 saturated carbocycles. The van der Waals surface area contributed by atoms with Gasteiger partial charge in [0.2, 0.25) is 0 Å². The van der Waals surface area contributed by atoms with Crippen LogP contribution in [0.25, 0.3) is 0 Å². The lowest BCUT2D eigenvalue weighted by Crippen LogP contribution is -2.53. The fourth-order valence-electron chi connectivity index (χ4n) is 2.68. The predicted octanol–water partition coefficient (Wildman–Crippen LogP) is 1.03. The van der Waals surface area contributed by atoms with Gasteiger partial charge in [0.15, 0.2) is 6.29 Å². The summed E-state index contributed by atoms with van der Waals surface area (Å²) in [5.74, 6) is 0. The molecule has 1 aliphatic heterocycles. The Bertz CT molecular complexity index is 495. The number of aliphatic hydroxyl groups excluding tert-OH is 4. The fraction of sp³-hybridized carbons (Fsp3) is 0.800. The molecule has 1 aliphatic rings. The van der Waals surface area contributed by atoms with Crippen molar-refractivity contribution in [2.24, 2.45) is 0 Å². The van der Waals surface area contributed by atoms with Crippen LogP contribution < -0.4 is 0 Å². The van der Waals surface area contributed by atoms with Crippen LogP contribution in [0.4, 0.5) is 0 Å². The smallest absolute Gasteiger partial charge is 0.186 e. The molecule has 0 spiro atoms. The number of rotatable bonds is 10. The van der Waals surface area contributed by atoms with Crippen molar-refractivity contribution < 1.29 is 35.0 Å². The molecule has 0 amide bonds. The van der Waals surface area contributed by atoms with Crippen LogP contribution in [-0.4, -0.2) is 75.1 Å². The predicted molar refractivity (Wildman–Crippen MR) is 102 cm³/mol. The number of allylic oxidation sites excluding steroid dienone is 3. The maximum Gasteiger partial charge on any atom is 0.186 e. The molecule has 0 radical (unpaired) electrons. The standard InChI is InChI=1S/C20H36O7/c1-13(8-9-16(22)20(3,4)25)6-5-7-14(2)10-11-26-19-18(24)17(23)15(21)12-27-19/h6,10,15-19,21-25H,5,7-9,11-12H2,1-4H3/b13-6+,14-10+/t15-,16+,17-,18-,19+/m1/s1. The van der Waals surface area contributed by atoms with Crippen LogP contribution in [0.15, 0.2) is 23.3 Å². The van der Waals surface area contributed by atoms with E-state index in [1.807, 2.05) is 19.9 Å². The van der Waals surface area contributed by atoms with E-state index in [1.165, 1.54) is 5.57 Å². The number of ether oxygens (including phenoxy) is 2. The van der Waals surface area contributed by atoms with Gasteiger partial charge in [0, 0.05) is 0 Å². The van der Waals surface area contributed by atoms with Gasteiger partial charge in [-0.2, -0.15) is 0 Å². The van der Waals surface area contributed by atoms with Crippen molar-refractivity contribution in [2.75, 3.05) is 13.2 Å². The molecule has 1 saturated heterocycles. The van der Waals surface area contributed by atoms with E-state index in [1.54, 1.807) is 13.8 Å². The monoisotopic (exact) mass is 388 g/mol. The molecule has 158 valence electrons. The summed E-state index contributed by atoms with van der Waals surface area (Å²) in [6.45, 7) is 7.39. The summed E-state index contributed by atoms with van der Waals surface area (Å²) in [5.41, 5.74) is 1.22. The summed E-state index contributed by atoms with van der Waals surface area (Å²) >= 11 is 0. The molecule has 1 fully saturated rings. The van der Waals surface area contributed by atoms with Crippen molar-refractivity contribution in [1.82, 2.24) is 0 Å². The second-order valence-electron chi connectivity index (χ2n) is 7.93. The van der Waals surface area contributed by atoms with Gasteiger partial charge in [-0.05, 0) is 53.4 Å². The first kappa shape index (κ1) is 24.2. The average molecular weight is 389 g/mol. The molecule has 1 heterocycles. The van der Waals surface area contributed by atoms with Gasteiger partial charge in [-0.1, -0.05) is 23.3 Å². The van der Waals surface area contributed by atoms with Crippen molar-refractivity contribution in [1.29, 1.82) is 0 Å². The minimum absolute atomic E-state index is 0.0716. The maximum atomic E-state index is 9.84. The Kier molecular flexibility index (Phi) is 10.1. The third kappa shape index (κ3) is 8.83. The number of hydrogen-bond acceptors (Lipinski definition) is 7. The quantitative estimate of drug-likeness (QED) is 0.355. The zero-order valence-electron chi connectivity index (χ0n) is 16.8. The van der Waals surface area contributed by atoms with E-state index < -0.39 is 36.3 Å². The third-order valence-electron chi connectivity index (χ3n) is 4.81. The highest BCUT2D eigenvalue weighted by Crippen LogP contribution is 2.18. The summed E-state index contributed by atoms with van der Waals surface area (Å²) in [4.78, 5) is 0. The second kappa shape index (κ2) is 11.3. The largest absolute Gasteiger partial charge is 0.390 e. The summed E-state index contributed by atoms with van der Waals surface area (Å²) in [6.07, 6.45) is 1.68. The Hall–Kier alpha value is -0.800. The molecule has 1 rings (SSSR count). The minimum atomic E-state index is -1.27.